The number of benzene rings is 3. The zero-order chi connectivity index (χ0) is 23.4. The Balaban J connectivity index is 1.58. The number of thioether (sulfide) groups is 1. The van der Waals surface area contributed by atoms with Crippen LogP contribution in [-0.2, 0) is 11.3 Å². The number of hydrogen-bond donors (Lipinski definition) is 1. The number of nitrogens with zero attached hydrogens (tertiary/aromatic N) is 3. The first-order valence-corrected chi connectivity index (χ1v) is 10.8. The first-order chi connectivity index (χ1) is 15.9. The van der Waals surface area contributed by atoms with Crippen LogP contribution in [0.4, 0.5) is 15.8 Å². The maximum Gasteiger partial charge on any atom is 0.306 e. The third-order valence-corrected chi connectivity index (χ3v) is 5.75. The van der Waals surface area contributed by atoms with Gasteiger partial charge in [-0.1, -0.05) is 54.2 Å². The van der Waals surface area contributed by atoms with Crippen LogP contribution in [0.1, 0.15) is 5.56 Å². The highest BCUT2D eigenvalue weighted by Gasteiger charge is 2.17. The number of nitro groups is 1. The van der Waals surface area contributed by atoms with Gasteiger partial charge in [0.15, 0.2) is 5.16 Å². The summed E-state index contributed by atoms with van der Waals surface area (Å²) < 4.78 is 15.0. The number of anilines is 1. The van der Waals surface area contributed by atoms with E-state index in [1.165, 1.54) is 10.6 Å². The lowest BCUT2D eigenvalue weighted by Gasteiger charge is -2.13. The molecule has 0 fully saturated rings. The molecule has 0 aliphatic carbocycles. The molecule has 4 rings (SSSR count). The summed E-state index contributed by atoms with van der Waals surface area (Å²) in [6.45, 7) is 0.283. The van der Waals surface area contributed by atoms with Crippen LogP contribution in [0.3, 0.4) is 0 Å². The van der Waals surface area contributed by atoms with E-state index in [1.54, 1.807) is 24.3 Å². The van der Waals surface area contributed by atoms with Gasteiger partial charge in [0, 0.05) is 11.8 Å². The van der Waals surface area contributed by atoms with Crippen LogP contribution in [-0.4, -0.2) is 26.1 Å². The highest BCUT2D eigenvalue weighted by Crippen LogP contribution is 2.23. The second-order valence-corrected chi connectivity index (χ2v) is 7.99. The minimum absolute atomic E-state index is 0.0989. The van der Waals surface area contributed by atoms with Crippen molar-refractivity contribution in [2.24, 2.45) is 0 Å². The molecule has 3 aromatic carbocycles. The summed E-state index contributed by atoms with van der Waals surface area (Å²) in [7, 11) is 0. The Bertz CT molecular complexity index is 1410. The van der Waals surface area contributed by atoms with Crippen molar-refractivity contribution < 1.29 is 14.1 Å². The second kappa shape index (κ2) is 9.61. The molecule has 0 aliphatic rings. The molecular formula is C23H17FN4O4S. The molecule has 0 aliphatic heterocycles. The van der Waals surface area contributed by atoms with Crippen molar-refractivity contribution in [3.05, 3.63) is 105 Å². The van der Waals surface area contributed by atoms with Gasteiger partial charge in [0.25, 0.3) is 5.56 Å². The molecular weight excluding hydrogens is 447 g/mol. The van der Waals surface area contributed by atoms with Crippen LogP contribution in [0.5, 0.6) is 0 Å². The zero-order valence-electron chi connectivity index (χ0n) is 17.1. The quantitative estimate of drug-likeness (QED) is 0.190. The van der Waals surface area contributed by atoms with Gasteiger partial charge in [-0.2, -0.15) is 4.39 Å². The summed E-state index contributed by atoms with van der Waals surface area (Å²) in [6.07, 6.45) is 0. The molecule has 4 aromatic rings. The van der Waals surface area contributed by atoms with Gasteiger partial charge in [0.05, 0.1) is 28.1 Å². The summed E-state index contributed by atoms with van der Waals surface area (Å²) in [5, 5.41) is 14.3. The van der Waals surface area contributed by atoms with Gasteiger partial charge in [-0.15, -0.1) is 0 Å². The van der Waals surface area contributed by atoms with E-state index in [0.717, 1.165) is 29.5 Å². The first kappa shape index (κ1) is 22.2. The lowest BCUT2D eigenvalue weighted by atomic mass is 10.2. The van der Waals surface area contributed by atoms with Crippen LogP contribution in [0.15, 0.2) is 82.7 Å². The topological polar surface area (TPSA) is 107 Å². The monoisotopic (exact) mass is 464 g/mol. The summed E-state index contributed by atoms with van der Waals surface area (Å²) in [6, 6.07) is 19.5. The average molecular weight is 464 g/mol. The molecule has 10 heteroatoms. The Morgan fingerprint density at radius 3 is 2.58 bits per heavy atom. The number of nitro benzene ring substituents is 1. The van der Waals surface area contributed by atoms with Crippen molar-refractivity contribution in [3.8, 4) is 0 Å². The van der Waals surface area contributed by atoms with E-state index >= 15 is 0 Å². The number of rotatable bonds is 7. The zero-order valence-corrected chi connectivity index (χ0v) is 17.9. The Kier molecular flexibility index (Phi) is 6.45. The fraction of sp³-hybridized carbons (Fsp3) is 0.0870. The number of aromatic nitrogens is 2. The van der Waals surface area contributed by atoms with Crippen LogP contribution >= 0.6 is 11.8 Å². The molecule has 166 valence electrons. The van der Waals surface area contributed by atoms with Crippen LogP contribution in [0.2, 0.25) is 0 Å². The van der Waals surface area contributed by atoms with Gasteiger partial charge < -0.3 is 5.32 Å². The third-order valence-electron chi connectivity index (χ3n) is 4.77. The molecule has 1 aromatic heterocycles. The van der Waals surface area contributed by atoms with Gasteiger partial charge in [0.2, 0.25) is 11.7 Å². The predicted molar refractivity (Wildman–Crippen MR) is 124 cm³/mol. The Morgan fingerprint density at radius 2 is 1.82 bits per heavy atom. The highest BCUT2D eigenvalue weighted by atomic mass is 32.2. The van der Waals surface area contributed by atoms with E-state index < -0.39 is 22.3 Å². The minimum Gasteiger partial charge on any atom is -0.325 e. The standard InChI is InChI=1S/C23H17FN4O4S/c24-18-11-10-16(12-20(18)28(31)32)25-21(29)14-33-23-26-19-9-5-4-8-17(19)22(30)27(23)13-15-6-2-1-3-7-15/h1-12H,13-14H2,(H,25,29). The van der Waals surface area contributed by atoms with E-state index in [1.807, 2.05) is 30.3 Å². The normalized spacial score (nSPS) is 10.8. The molecule has 0 unspecified atom stereocenters. The fourth-order valence-corrected chi connectivity index (χ4v) is 4.02. The number of halogens is 1. The molecule has 0 saturated heterocycles. The van der Waals surface area contributed by atoms with E-state index in [2.05, 4.69) is 10.3 Å². The maximum atomic E-state index is 13.5. The number of amides is 1. The van der Waals surface area contributed by atoms with E-state index in [0.29, 0.717) is 16.1 Å². The van der Waals surface area contributed by atoms with Crippen molar-refractivity contribution >= 4 is 39.9 Å². The van der Waals surface area contributed by atoms with Crippen molar-refractivity contribution in [3.63, 3.8) is 0 Å². The lowest BCUT2D eigenvalue weighted by Crippen LogP contribution is -2.24. The second-order valence-electron chi connectivity index (χ2n) is 7.05. The summed E-state index contributed by atoms with van der Waals surface area (Å²) in [5.74, 6) is -1.57. The van der Waals surface area contributed by atoms with Crippen molar-refractivity contribution in [2.75, 3.05) is 11.1 Å². The fourth-order valence-electron chi connectivity index (χ4n) is 3.22. The SMILES string of the molecule is O=C(CSc1nc2ccccc2c(=O)n1Cc1ccccc1)Nc1ccc(F)c([N+](=O)[O-])c1. The number of nitrogens with one attached hydrogen (secondary N) is 1. The molecule has 0 spiro atoms. The van der Waals surface area contributed by atoms with Crippen molar-refractivity contribution in [1.82, 2.24) is 9.55 Å². The van der Waals surface area contributed by atoms with Gasteiger partial charge in [0.1, 0.15) is 0 Å². The molecule has 33 heavy (non-hydrogen) atoms. The molecule has 1 N–H and O–H groups in total. The molecule has 0 saturated carbocycles. The first-order valence-electron chi connectivity index (χ1n) is 9.82. The Labute approximate surface area is 191 Å². The van der Waals surface area contributed by atoms with Crippen LogP contribution < -0.4 is 10.9 Å². The molecule has 1 amide bonds. The number of hydrogen-bond acceptors (Lipinski definition) is 6. The van der Waals surface area contributed by atoms with Crippen molar-refractivity contribution in [2.45, 2.75) is 11.7 Å². The summed E-state index contributed by atoms with van der Waals surface area (Å²) in [4.78, 5) is 40.2. The minimum atomic E-state index is -0.988. The smallest absolute Gasteiger partial charge is 0.306 e. The largest absolute Gasteiger partial charge is 0.325 e. The lowest BCUT2D eigenvalue weighted by molar-refractivity contribution is -0.387. The van der Waals surface area contributed by atoms with E-state index in [4.69, 9.17) is 0 Å². The van der Waals surface area contributed by atoms with Crippen LogP contribution in [0.25, 0.3) is 10.9 Å². The highest BCUT2D eigenvalue weighted by molar-refractivity contribution is 7.99. The number of para-hydroxylation sites is 1. The van der Waals surface area contributed by atoms with Gasteiger partial charge >= 0.3 is 5.69 Å². The summed E-state index contributed by atoms with van der Waals surface area (Å²) >= 11 is 1.07. The Hall–Kier alpha value is -4.05. The van der Waals surface area contributed by atoms with Crippen LogP contribution in [0, 0.1) is 15.9 Å². The molecule has 8 nitrogen and oxygen atoms in total. The number of carbonyl (C=O) groups is 1. The van der Waals surface area contributed by atoms with Gasteiger partial charge in [-0.05, 0) is 29.8 Å². The Morgan fingerprint density at radius 1 is 1.09 bits per heavy atom. The molecule has 0 radical (unpaired) electrons. The number of fused-ring (bicyclic) bond motifs is 1. The maximum absolute atomic E-state index is 13.5. The molecule has 0 bridgehead atoms. The van der Waals surface area contributed by atoms with E-state index in [9.17, 15) is 24.1 Å². The third kappa shape index (κ3) is 5.07. The van der Waals surface area contributed by atoms with Gasteiger partial charge in [-0.3, -0.25) is 24.3 Å². The summed E-state index contributed by atoms with van der Waals surface area (Å²) in [5.41, 5.74) is 0.571. The van der Waals surface area contributed by atoms with E-state index in [-0.39, 0.29) is 23.5 Å². The van der Waals surface area contributed by atoms with Gasteiger partial charge in [-0.25, -0.2) is 4.98 Å². The average Bonchev–Trinajstić information content (AvgIpc) is 2.81. The molecule has 0 atom stereocenters. The van der Waals surface area contributed by atoms with Crippen molar-refractivity contribution in [1.29, 1.82) is 0 Å². The number of carbonyl (C=O) groups excluding carboxylic acids is 1. The predicted octanol–water partition coefficient (Wildman–Crippen LogP) is 4.22. The molecule has 1 heterocycles.